The zero-order chi connectivity index (χ0) is 23.3. The number of benzene rings is 1. The Kier molecular flexibility index (Phi) is 7.55. The van der Waals surface area contributed by atoms with Crippen LogP contribution >= 0.6 is 11.6 Å². The molecule has 1 amide bonds. The molecular formula is C22H22ClN3O6. The molecule has 0 saturated heterocycles. The van der Waals surface area contributed by atoms with Crippen LogP contribution in [0.3, 0.4) is 0 Å². The number of allylic oxidation sites excluding steroid dienone is 1. The molecule has 9 nitrogen and oxygen atoms in total. The van der Waals surface area contributed by atoms with Gasteiger partial charge in [-0.1, -0.05) is 29.8 Å². The molecule has 2 heterocycles. The molecule has 32 heavy (non-hydrogen) atoms. The van der Waals surface area contributed by atoms with Gasteiger partial charge in [-0.25, -0.2) is 9.59 Å². The zero-order valence-corrected chi connectivity index (χ0v) is 18.6. The highest BCUT2D eigenvalue weighted by Gasteiger charge is 2.39. The van der Waals surface area contributed by atoms with Crippen molar-refractivity contribution in [1.82, 2.24) is 5.32 Å². The number of hydrogen-bond donors (Lipinski definition) is 1. The fraction of sp³-hybridized carbons (Fsp3) is 0.318. The zero-order valence-electron chi connectivity index (χ0n) is 17.8. The lowest BCUT2D eigenvalue weighted by molar-refractivity contribution is -0.139. The van der Waals surface area contributed by atoms with Crippen LogP contribution in [0.2, 0.25) is 5.02 Å². The van der Waals surface area contributed by atoms with Gasteiger partial charge in [0.25, 0.3) is 5.91 Å². The van der Waals surface area contributed by atoms with Gasteiger partial charge < -0.3 is 19.5 Å². The maximum absolute atomic E-state index is 13.0. The van der Waals surface area contributed by atoms with Crippen LogP contribution in [0, 0.1) is 0 Å². The highest BCUT2D eigenvalue weighted by atomic mass is 35.5. The summed E-state index contributed by atoms with van der Waals surface area (Å²) in [6.07, 6.45) is 1.27. The van der Waals surface area contributed by atoms with Crippen molar-refractivity contribution in [2.45, 2.75) is 19.8 Å². The van der Waals surface area contributed by atoms with Gasteiger partial charge in [0.15, 0.2) is 0 Å². The van der Waals surface area contributed by atoms with Crippen LogP contribution in [0.1, 0.15) is 25.3 Å². The molecule has 1 aromatic rings. The Balaban J connectivity index is 2.05. The molecule has 0 aromatic heterocycles. The van der Waals surface area contributed by atoms with E-state index in [4.69, 9.17) is 25.8 Å². The number of carbonyl (C=O) groups excluding carboxylic acids is 3. The Morgan fingerprint density at radius 3 is 2.50 bits per heavy atom. The quantitative estimate of drug-likeness (QED) is 0.593. The highest BCUT2D eigenvalue weighted by Crippen LogP contribution is 2.41. The van der Waals surface area contributed by atoms with Gasteiger partial charge in [0.2, 0.25) is 0 Å². The average molecular weight is 460 g/mol. The predicted molar refractivity (Wildman–Crippen MR) is 114 cm³/mol. The van der Waals surface area contributed by atoms with Crippen molar-refractivity contribution < 1.29 is 28.6 Å². The van der Waals surface area contributed by atoms with Crippen molar-refractivity contribution in [2.24, 2.45) is 10.2 Å². The second-order valence-corrected chi connectivity index (χ2v) is 7.30. The second-order valence-electron chi connectivity index (χ2n) is 6.89. The number of hydrogen-bond acceptors (Lipinski definition) is 8. The van der Waals surface area contributed by atoms with Crippen molar-refractivity contribution in [1.29, 1.82) is 0 Å². The summed E-state index contributed by atoms with van der Waals surface area (Å²) in [5, 5.41) is 10.6. The van der Waals surface area contributed by atoms with Gasteiger partial charge in [0.05, 0.1) is 55.4 Å². The lowest BCUT2D eigenvalue weighted by Crippen LogP contribution is -2.34. The molecular weight excluding hydrogens is 438 g/mol. The van der Waals surface area contributed by atoms with E-state index in [1.165, 1.54) is 13.2 Å². The number of ether oxygens (including phenoxy) is 3. The van der Waals surface area contributed by atoms with E-state index in [9.17, 15) is 14.4 Å². The van der Waals surface area contributed by atoms with Crippen LogP contribution in [-0.2, 0) is 28.6 Å². The van der Waals surface area contributed by atoms with Crippen molar-refractivity contribution in [3.05, 3.63) is 69.2 Å². The number of dihydropyridines is 1. The number of nitrogens with zero attached hydrogens (tertiary/aromatic N) is 2. The molecule has 0 radical (unpaired) electrons. The van der Waals surface area contributed by atoms with Crippen LogP contribution in [0.15, 0.2) is 68.8 Å². The summed E-state index contributed by atoms with van der Waals surface area (Å²) < 4.78 is 16.0. The van der Waals surface area contributed by atoms with Gasteiger partial charge in [0.1, 0.15) is 0 Å². The van der Waals surface area contributed by atoms with Crippen LogP contribution in [-0.4, -0.2) is 44.8 Å². The number of nitrogens with one attached hydrogen (secondary N) is 1. The average Bonchev–Trinajstić information content (AvgIpc) is 3.18. The number of azo groups is 1. The Labute approximate surface area is 189 Å². The van der Waals surface area contributed by atoms with E-state index in [1.54, 1.807) is 38.1 Å². The third-order valence-corrected chi connectivity index (χ3v) is 5.17. The molecule has 0 saturated carbocycles. The maximum Gasteiger partial charge on any atom is 0.336 e. The van der Waals surface area contributed by atoms with Crippen molar-refractivity contribution in [3.63, 3.8) is 0 Å². The molecule has 2 aliphatic heterocycles. The molecule has 0 spiro atoms. The van der Waals surface area contributed by atoms with Gasteiger partial charge in [-0.3, -0.25) is 4.79 Å². The molecule has 0 fully saturated rings. The third-order valence-electron chi connectivity index (χ3n) is 4.83. The molecule has 1 atom stereocenters. The molecule has 0 aliphatic carbocycles. The summed E-state index contributed by atoms with van der Waals surface area (Å²) >= 11 is 6.45. The standard InChI is InChI=1S/C22H22ClN3O6/c1-4-32-22(29)20-16(11-31-10-13-9-17(27)26-25-13)24-12(2)18(21(28)30-3)19(20)14-7-5-6-8-15(14)23/h5-9,19,24H,4,10-11H2,1-3H3. The molecule has 2 aliphatic rings. The van der Waals surface area contributed by atoms with E-state index < -0.39 is 23.8 Å². The first-order chi connectivity index (χ1) is 15.4. The fourth-order valence-electron chi connectivity index (χ4n) is 3.50. The third kappa shape index (κ3) is 4.95. The monoisotopic (exact) mass is 459 g/mol. The summed E-state index contributed by atoms with van der Waals surface area (Å²) in [6.45, 7) is 3.50. The minimum atomic E-state index is -0.831. The number of halogens is 1. The molecule has 1 N–H and O–H groups in total. The van der Waals surface area contributed by atoms with Crippen LogP contribution < -0.4 is 5.32 Å². The fourth-order valence-corrected chi connectivity index (χ4v) is 3.75. The molecule has 1 aromatic carbocycles. The van der Waals surface area contributed by atoms with Gasteiger partial charge >= 0.3 is 11.9 Å². The Morgan fingerprint density at radius 2 is 1.88 bits per heavy atom. The summed E-state index contributed by atoms with van der Waals surface area (Å²) in [4.78, 5) is 36.9. The van der Waals surface area contributed by atoms with Gasteiger partial charge in [-0.15, -0.1) is 10.2 Å². The smallest absolute Gasteiger partial charge is 0.336 e. The van der Waals surface area contributed by atoms with E-state index in [2.05, 4.69) is 15.5 Å². The second kappa shape index (κ2) is 10.3. The van der Waals surface area contributed by atoms with Crippen LogP contribution in [0.25, 0.3) is 0 Å². The number of amides is 1. The molecule has 10 heteroatoms. The predicted octanol–water partition coefficient (Wildman–Crippen LogP) is 3.18. The highest BCUT2D eigenvalue weighted by molar-refractivity contribution is 6.31. The summed E-state index contributed by atoms with van der Waals surface area (Å²) in [5.74, 6) is -2.50. The lowest BCUT2D eigenvalue weighted by atomic mass is 9.80. The maximum atomic E-state index is 13.0. The van der Waals surface area contributed by atoms with E-state index in [1.807, 2.05) is 0 Å². The first-order valence-electron chi connectivity index (χ1n) is 9.82. The summed E-state index contributed by atoms with van der Waals surface area (Å²) in [5.41, 5.74) is 2.24. The minimum Gasteiger partial charge on any atom is -0.466 e. The number of esters is 2. The molecule has 3 rings (SSSR count). The summed E-state index contributed by atoms with van der Waals surface area (Å²) in [7, 11) is 1.27. The van der Waals surface area contributed by atoms with E-state index in [0.717, 1.165) is 0 Å². The summed E-state index contributed by atoms with van der Waals surface area (Å²) in [6, 6.07) is 6.93. The van der Waals surface area contributed by atoms with Gasteiger partial charge in [-0.2, -0.15) is 0 Å². The minimum absolute atomic E-state index is 0.0138. The van der Waals surface area contributed by atoms with Crippen molar-refractivity contribution in [2.75, 3.05) is 26.9 Å². The van der Waals surface area contributed by atoms with Crippen LogP contribution in [0.5, 0.6) is 0 Å². The van der Waals surface area contributed by atoms with Crippen molar-refractivity contribution in [3.8, 4) is 0 Å². The van der Waals surface area contributed by atoms with Gasteiger partial charge in [0, 0.05) is 16.8 Å². The Hall–Kier alpha value is -3.30. The van der Waals surface area contributed by atoms with E-state index in [0.29, 0.717) is 27.7 Å². The lowest BCUT2D eigenvalue weighted by Gasteiger charge is -2.31. The Morgan fingerprint density at radius 1 is 1.12 bits per heavy atom. The molecule has 1 unspecified atom stereocenters. The number of carbonyl (C=O) groups is 3. The first-order valence-corrected chi connectivity index (χ1v) is 10.2. The normalized spacial score (nSPS) is 17.9. The first kappa shape index (κ1) is 23.4. The van der Waals surface area contributed by atoms with Gasteiger partial charge in [-0.05, 0) is 25.5 Å². The molecule has 0 bridgehead atoms. The number of rotatable bonds is 8. The SMILES string of the molecule is CCOC(=O)C1=C(COCC2=CC(=O)N=N2)NC(C)=C(C(=O)OC)C1c1ccccc1Cl. The van der Waals surface area contributed by atoms with E-state index in [-0.39, 0.29) is 31.0 Å². The van der Waals surface area contributed by atoms with Crippen molar-refractivity contribution >= 4 is 29.4 Å². The van der Waals surface area contributed by atoms with E-state index >= 15 is 0 Å². The number of methoxy groups -OCH3 is 1. The topological polar surface area (TPSA) is 116 Å². The van der Waals surface area contributed by atoms with Crippen LogP contribution in [0.4, 0.5) is 0 Å². The Bertz CT molecular complexity index is 1070. The molecule has 168 valence electrons. The largest absolute Gasteiger partial charge is 0.466 e.